The van der Waals surface area contributed by atoms with Gasteiger partial charge < -0.3 is 10.1 Å². The Morgan fingerprint density at radius 3 is 3.06 bits per heavy atom. The summed E-state index contributed by atoms with van der Waals surface area (Å²) in [6.45, 7) is 4.16. The molecule has 4 heteroatoms. The van der Waals surface area contributed by atoms with E-state index in [1.54, 1.807) is 0 Å². The van der Waals surface area contributed by atoms with Crippen LogP contribution in [0.1, 0.15) is 31.1 Å². The minimum absolute atomic E-state index is 0.474. The zero-order chi connectivity index (χ0) is 12.1. The standard InChI is InChI=1S/C13H20BrNOS/c1-2-15-10(8-11-4-3-7-16-11)9-12-5-6-13(14)17-12/h5-6,10-11,15H,2-4,7-9H2,1H3. The molecule has 0 spiro atoms. The number of rotatable bonds is 6. The Labute approximate surface area is 116 Å². The van der Waals surface area contributed by atoms with E-state index in [2.05, 4.69) is 40.3 Å². The van der Waals surface area contributed by atoms with Crippen molar-refractivity contribution in [3.8, 4) is 0 Å². The second-order valence-electron chi connectivity index (χ2n) is 4.54. The van der Waals surface area contributed by atoms with Gasteiger partial charge in [-0.2, -0.15) is 0 Å². The molecule has 0 amide bonds. The lowest BCUT2D eigenvalue weighted by Gasteiger charge is -2.20. The monoisotopic (exact) mass is 317 g/mol. The molecular weight excluding hydrogens is 298 g/mol. The van der Waals surface area contributed by atoms with Gasteiger partial charge in [0, 0.05) is 17.5 Å². The van der Waals surface area contributed by atoms with Crippen LogP contribution in [-0.2, 0) is 11.2 Å². The van der Waals surface area contributed by atoms with Gasteiger partial charge in [0.2, 0.25) is 0 Å². The maximum absolute atomic E-state index is 5.73. The van der Waals surface area contributed by atoms with Gasteiger partial charge in [0.15, 0.2) is 0 Å². The second kappa shape index (κ2) is 6.88. The van der Waals surface area contributed by atoms with Crippen LogP contribution in [0.2, 0.25) is 0 Å². The number of hydrogen-bond donors (Lipinski definition) is 1. The zero-order valence-corrected chi connectivity index (χ0v) is 12.6. The minimum atomic E-state index is 0.474. The third-order valence-corrected chi connectivity index (χ3v) is 4.79. The molecule has 1 aromatic rings. The first-order valence-corrected chi connectivity index (χ1v) is 7.98. The van der Waals surface area contributed by atoms with Crippen molar-refractivity contribution in [2.24, 2.45) is 0 Å². The molecule has 17 heavy (non-hydrogen) atoms. The van der Waals surface area contributed by atoms with Crippen molar-refractivity contribution in [3.63, 3.8) is 0 Å². The van der Waals surface area contributed by atoms with E-state index in [4.69, 9.17) is 4.74 Å². The van der Waals surface area contributed by atoms with E-state index < -0.39 is 0 Å². The molecule has 0 bridgehead atoms. The molecule has 96 valence electrons. The van der Waals surface area contributed by atoms with Crippen molar-refractivity contribution >= 4 is 27.3 Å². The van der Waals surface area contributed by atoms with Gasteiger partial charge in [-0.05, 0) is 60.3 Å². The van der Waals surface area contributed by atoms with Crippen LogP contribution in [0.3, 0.4) is 0 Å². The molecule has 1 fully saturated rings. The van der Waals surface area contributed by atoms with Crippen LogP contribution in [0.15, 0.2) is 15.9 Å². The predicted molar refractivity (Wildman–Crippen MR) is 76.8 cm³/mol. The van der Waals surface area contributed by atoms with Crippen LogP contribution in [0, 0.1) is 0 Å². The molecule has 1 aliphatic rings. The van der Waals surface area contributed by atoms with Gasteiger partial charge in [-0.25, -0.2) is 0 Å². The van der Waals surface area contributed by atoms with E-state index in [1.165, 1.54) is 21.5 Å². The number of hydrogen-bond acceptors (Lipinski definition) is 3. The van der Waals surface area contributed by atoms with E-state index in [9.17, 15) is 0 Å². The van der Waals surface area contributed by atoms with Crippen LogP contribution in [-0.4, -0.2) is 25.3 Å². The molecule has 1 N–H and O–H groups in total. The normalized spacial score (nSPS) is 21.9. The van der Waals surface area contributed by atoms with Crippen molar-refractivity contribution in [1.29, 1.82) is 0 Å². The molecule has 2 atom stereocenters. The van der Waals surface area contributed by atoms with Crippen molar-refractivity contribution in [2.45, 2.75) is 44.8 Å². The van der Waals surface area contributed by atoms with E-state index in [0.717, 1.165) is 26.0 Å². The summed E-state index contributed by atoms with van der Waals surface area (Å²) >= 11 is 5.36. The van der Waals surface area contributed by atoms with Crippen molar-refractivity contribution in [2.75, 3.05) is 13.2 Å². The van der Waals surface area contributed by atoms with Crippen molar-refractivity contribution in [1.82, 2.24) is 5.32 Å². The number of thiophene rings is 1. The molecule has 2 nitrogen and oxygen atoms in total. The first kappa shape index (κ1) is 13.5. The topological polar surface area (TPSA) is 21.3 Å². The van der Waals surface area contributed by atoms with Crippen LogP contribution < -0.4 is 5.32 Å². The summed E-state index contributed by atoms with van der Waals surface area (Å²) in [6.07, 6.45) is 5.19. The highest BCUT2D eigenvalue weighted by Crippen LogP contribution is 2.25. The summed E-state index contributed by atoms with van der Waals surface area (Å²) in [5, 5.41) is 3.58. The average Bonchev–Trinajstić information content (AvgIpc) is 2.91. The highest BCUT2D eigenvalue weighted by molar-refractivity contribution is 9.11. The first-order valence-electron chi connectivity index (χ1n) is 6.37. The van der Waals surface area contributed by atoms with Gasteiger partial charge in [-0.1, -0.05) is 6.92 Å². The lowest BCUT2D eigenvalue weighted by Crippen LogP contribution is -2.34. The molecule has 2 heterocycles. The molecule has 2 rings (SSSR count). The summed E-state index contributed by atoms with van der Waals surface area (Å²) in [6, 6.07) is 4.90. The Bertz CT molecular complexity index is 336. The Balaban J connectivity index is 1.87. The highest BCUT2D eigenvalue weighted by Gasteiger charge is 2.20. The van der Waals surface area contributed by atoms with E-state index in [-0.39, 0.29) is 0 Å². The van der Waals surface area contributed by atoms with Gasteiger partial charge in [0.1, 0.15) is 0 Å². The highest BCUT2D eigenvalue weighted by atomic mass is 79.9. The molecule has 0 saturated carbocycles. The zero-order valence-electron chi connectivity index (χ0n) is 10.2. The van der Waals surface area contributed by atoms with Crippen LogP contribution >= 0.6 is 27.3 Å². The lowest BCUT2D eigenvalue weighted by molar-refractivity contribution is 0.0948. The molecule has 0 aliphatic carbocycles. The Morgan fingerprint density at radius 2 is 2.47 bits per heavy atom. The fourth-order valence-corrected chi connectivity index (χ4v) is 3.94. The van der Waals surface area contributed by atoms with Crippen LogP contribution in [0.25, 0.3) is 0 Å². The smallest absolute Gasteiger partial charge is 0.0701 e. The second-order valence-corrected chi connectivity index (χ2v) is 7.08. The molecule has 0 aromatic carbocycles. The molecule has 1 aliphatic heterocycles. The summed E-state index contributed by atoms with van der Waals surface area (Å²) in [7, 11) is 0. The van der Waals surface area contributed by atoms with Crippen molar-refractivity contribution < 1.29 is 4.74 Å². The van der Waals surface area contributed by atoms with Gasteiger partial charge in [0.25, 0.3) is 0 Å². The third-order valence-electron chi connectivity index (χ3n) is 3.14. The van der Waals surface area contributed by atoms with Gasteiger partial charge in [0.05, 0.1) is 9.89 Å². The number of ether oxygens (including phenoxy) is 1. The summed E-state index contributed by atoms with van der Waals surface area (Å²) in [5.74, 6) is 0. The summed E-state index contributed by atoms with van der Waals surface area (Å²) < 4.78 is 6.95. The third kappa shape index (κ3) is 4.36. The van der Waals surface area contributed by atoms with Gasteiger partial charge in [-0.15, -0.1) is 11.3 Å². The minimum Gasteiger partial charge on any atom is -0.378 e. The number of likely N-dealkylation sites (N-methyl/N-ethyl adjacent to an activating group) is 1. The maximum Gasteiger partial charge on any atom is 0.0701 e. The Kier molecular flexibility index (Phi) is 5.48. The van der Waals surface area contributed by atoms with E-state index >= 15 is 0 Å². The molecule has 1 aromatic heterocycles. The first-order chi connectivity index (χ1) is 8.28. The number of nitrogens with one attached hydrogen (secondary N) is 1. The molecule has 2 unspecified atom stereocenters. The fourth-order valence-electron chi connectivity index (χ4n) is 2.38. The maximum atomic E-state index is 5.73. The van der Waals surface area contributed by atoms with Crippen molar-refractivity contribution in [3.05, 3.63) is 20.8 Å². The average molecular weight is 318 g/mol. The molecular formula is C13H20BrNOS. The summed E-state index contributed by atoms with van der Waals surface area (Å²) in [5.41, 5.74) is 0. The Morgan fingerprint density at radius 1 is 1.59 bits per heavy atom. The molecule has 1 saturated heterocycles. The van der Waals surface area contributed by atoms with Crippen LogP contribution in [0.5, 0.6) is 0 Å². The Hall–Kier alpha value is 0.1000. The largest absolute Gasteiger partial charge is 0.378 e. The van der Waals surface area contributed by atoms with E-state index in [1.807, 2.05) is 11.3 Å². The van der Waals surface area contributed by atoms with Gasteiger partial charge >= 0.3 is 0 Å². The lowest BCUT2D eigenvalue weighted by atomic mass is 10.0. The predicted octanol–water partition coefficient (Wildman–Crippen LogP) is 3.60. The fraction of sp³-hybridized carbons (Fsp3) is 0.692. The SMILES string of the molecule is CCNC(Cc1ccc(Br)s1)CC1CCCO1. The van der Waals surface area contributed by atoms with E-state index in [0.29, 0.717) is 12.1 Å². The summed E-state index contributed by atoms with van der Waals surface area (Å²) in [4.78, 5) is 1.45. The molecule has 0 radical (unpaired) electrons. The quantitative estimate of drug-likeness (QED) is 0.865. The van der Waals surface area contributed by atoms with Gasteiger partial charge in [-0.3, -0.25) is 0 Å². The number of halogens is 1. The van der Waals surface area contributed by atoms with Crippen LogP contribution in [0.4, 0.5) is 0 Å².